The molecule has 0 aliphatic heterocycles. The maximum atomic E-state index is 12.4. The number of aliphatic hydroxyl groups excluding tert-OH is 2. The SMILES string of the molecule is CC/C=C/CC/C=C/CC/C=C/C(O)C(CS(=O)(=O)O)NC(=O)C(O)CCCCC/C=C\CCCC. The first-order chi connectivity index (χ1) is 17.2. The van der Waals surface area contributed by atoms with Crippen LogP contribution in [0.4, 0.5) is 0 Å². The van der Waals surface area contributed by atoms with Gasteiger partial charge in [0.2, 0.25) is 5.91 Å². The van der Waals surface area contributed by atoms with E-state index in [0.29, 0.717) is 12.8 Å². The quantitative estimate of drug-likeness (QED) is 0.0847. The van der Waals surface area contributed by atoms with E-state index in [1.165, 1.54) is 18.9 Å². The van der Waals surface area contributed by atoms with E-state index in [4.69, 9.17) is 0 Å². The predicted octanol–water partition coefficient (Wildman–Crippen LogP) is 5.42. The minimum atomic E-state index is -4.44. The molecule has 0 rings (SSSR count). The molecule has 3 unspecified atom stereocenters. The summed E-state index contributed by atoms with van der Waals surface area (Å²) < 4.78 is 32.0. The van der Waals surface area contributed by atoms with Gasteiger partial charge in [-0.3, -0.25) is 9.35 Å². The minimum Gasteiger partial charge on any atom is -0.387 e. The fourth-order valence-electron chi connectivity index (χ4n) is 3.47. The molecule has 0 bridgehead atoms. The summed E-state index contributed by atoms with van der Waals surface area (Å²) in [5, 5.41) is 22.9. The predicted molar refractivity (Wildman–Crippen MR) is 148 cm³/mol. The van der Waals surface area contributed by atoms with Crippen LogP contribution in [0.15, 0.2) is 48.6 Å². The zero-order valence-corrected chi connectivity index (χ0v) is 23.0. The fraction of sp³-hybridized carbons (Fsp3) is 0.679. The highest BCUT2D eigenvalue weighted by Gasteiger charge is 2.27. The Labute approximate surface area is 219 Å². The molecule has 36 heavy (non-hydrogen) atoms. The lowest BCUT2D eigenvalue weighted by Gasteiger charge is -2.22. The van der Waals surface area contributed by atoms with E-state index in [1.54, 1.807) is 6.08 Å². The van der Waals surface area contributed by atoms with Crippen LogP contribution in [0.2, 0.25) is 0 Å². The Morgan fingerprint density at radius 3 is 1.92 bits per heavy atom. The van der Waals surface area contributed by atoms with E-state index in [0.717, 1.165) is 51.4 Å². The third-order valence-electron chi connectivity index (χ3n) is 5.57. The van der Waals surface area contributed by atoms with Crippen molar-refractivity contribution in [3.05, 3.63) is 48.6 Å². The lowest BCUT2D eigenvalue weighted by molar-refractivity contribution is -0.130. The van der Waals surface area contributed by atoms with Crippen LogP contribution in [-0.4, -0.2) is 53.1 Å². The highest BCUT2D eigenvalue weighted by molar-refractivity contribution is 7.85. The first-order valence-electron chi connectivity index (χ1n) is 13.4. The Balaban J connectivity index is 4.48. The average molecular weight is 528 g/mol. The Morgan fingerprint density at radius 2 is 1.33 bits per heavy atom. The standard InChI is InChI=1S/C28H49NO6S/c1-3-5-7-9-11-13-15-16-18-20-22-26(30)25(24-36(33,34)35)29-28(32)27(31)23-21-19-17-14-12-10-8-6-4-2/h5,7,10,12-13,15,20,22,25-27,30-31H,3-4,6,8-9,11,14,16-19,21,23-24H2,1-2H3,(H,29,32)(H,33,34,35)/b7-5+,12-10-,15-13+,22-20+. The van der Waals surface area contributed by atoms with Crippen molar-refractivity contribution < 1.29 is 28.0 Å². The molecule has 0 saturated carbocycles. The fourth-order valence-corrected chi connectivity index (χ4v) is 4.21. The second kappa shape index (κ2) is 22.5. The van der Waals surface area contributed by atoms with Crippen LogP contribution in [0.25, 0.3) is 0 Å². The molecule has 0 spiro atoms. The van der Waals surface area contributed by atoms with Crippen molar-refractivity contribution in [3.63, 3.8) is 0 Å². The molecular formula is C28H49NO6S. The third kappa shape index (κ3) is 21.5. The van der Waals surface area contributed by atoms with Crippen molar-refractivity contribution in [3.8, 4) is 0 Å². The van der Waals surface area contributed by atoms with E-state index >= 15 is 0 Å². The molecule has 4 N–H and O–H groups in total. The van der Waals surface area contributed by atoms with Crippen molar-refractivity contribution in [2.45, 2.75) is 116 Å². The smallest absolute Gasteiger partial charge is 0.267 e. The first-order valence-corrected chi connectivity index (χ1v) is 15.1. The molecule has 3 atom stereocenters. The molecule has 7 nitrogen and oxygen atoms in total. The second-order valence-electron chi connectivity index (χ2n) is 9.06. The van der Waals surface area contributed by atoms with E-state index in [9.17, 15) is 28.0 Å². The number of aliphatic hydroxyl groups is 2. The van der Waals surface area contributed by atoms with Gasteiger partial charge in [-0.15, -0.1) is 0 Å². The molecule has 0 saturated heterocycles. The van der Waals surface area contributed by atoms with Gasteiger partial charge in [0.25, 0.3) is 10.1 Å². The van der Waals surface area contributed by atoms with Crippen molar-refractivity contribution in [1.82, 2.24) is 5.32 Å². The van der Waals surface area contributed by atoms with Crippen molar-refractivity contribution >= 4 is 16.0 Å². The number of carbonyl (C=O) groups excluding carboxylic acids is 1. The van der Waals surface area contributed by atoms with Gasteiger partial charge in [0, 0.05) is 0 Å². The summed E-state index contributed by atoms with van der Waals surface area (Å²) in [7, 11) is -4.44. The molecule has 0 aromatic carbocycles. The number of amides is 1. The first kappa shape index (κ1) is 34.3. The summed E-state index contributed by atoms with van der Waals surface area (Å²) in [6, 6.07) is -1.26. The molecule has 0 heterocycles. The van der Waals surface area contributed by atoms with Crippen LogP contribution in [-0.2, 0) is 14.9 Å². The molecule has 0 aromatic rings. The second-order valence-corrected chi connectivity index (χ2v) is 10.6. The van der Waals surface area contributed by atoms with Crippen molar-refractivity contribution in [2.24, 2.45) is 0 Å². The number of allylic oxidation sites excluding steroid dienone is 7. The van der Waals surface area contributed by atoms with Gasteiger partial charge in [-0.1, -0.05) is 88.1 Å². The van der Waals surface area contributed by atoms with Gasteiger partial charge >= 0.3 is 0 Å². The zero-order chi connectivity index (χ0) is 27.1. The molecule has 0 aliphatic rings. The van der Waals surface area contributed by atoms with Gasteiger partial charge in [-0.2, -0.15) is 8.42 Å². The summed E-state index contributed by atoms with van der Waals surface area (Å²) in [5.41, 5.74) is 0. The Hall–Kier alpha value is -1.74. The van der Waals surface area contributed by atoms with E-state index in [-0.39, 0.29) is 6.42 Å². The summed E-state index contributed by atoms with van der Waals surface area (Å²) in [5.74, 6) is -1.59. The van der Waals surface area contributed by atoms with Gasteiger partial charge in [0.05, 0.1) is 17.9 Å². The van der Waals surface area contributed by atoms with Gasteiger partial charge in [-0.25, -0.2) is 0 Å². The van der Waals surface area contributed by atoms with E-state index in [1.807, 2.05) is 6.08 Å². The molecule has 0 aromatic heterocycles. The lowest BCUT2D eigenvalue weighted by atomic mass is 10.1. The van der Waals surface area contributed by atoms with Crippen molar-refractivity contribution in [2.75, 3.05) is 5.75 Å². The monoisotopic (exact) mass is 527 g/mol. The summed E-state index contributed by atoms with van der Waals surface area (Å²) in [6.07, 6.45) is 24.8. The Kier molecular flexibility index (Phi) is 21.4. The molecule has 8 heteroatoms. The Morgan fingerprint density at radius 1 is 0.778 bits per heavy atom. The third-order valence-corrected chi connectivity index (χ3v) is 6.35. The highest BCUT2D eigenvalue weighted by atomic mass is 32.2. The normalized spacial score (nSPS) is 15.4. The van der Waals surface area contributed by atoms with E-state index in [2.05, 4.69) is 49.5 Å². The number of nitrogens with one attached hydrogen (secondary N) is 1. The van der Waals surface area contributed by atoms with Crippen LogP contribution in [0, 0.1) is 0 Å². The maximum absolute atomic E-state index is 12.4. The Bertz CT molecular complexity index is 773. The van der Waals surface area contributed by atoms with Gasteiger partial charge < -0.3 is 15.5 Å². The van der Waals surface area contributed by atoms with Gasteiger partial charge in [0.15, 0.2) is 0 Å². The molecular weight excluding hydrogens is 478 g/mol. The molecule has 208 valence electrons. The van der Waals surface area contributed by atoms with Crippen LogP contribution in [0.1, 0.15) is 97.3 Å². The maximum Gasteiger partial charge on any atom is 0.267 e. The summed E-state index contributed by atoms with van der Waals surface area (Å²) >= 11 is 0. The summed E-state index contributed by atoms with van der Waals surface area (Å²) in [4.78, 5) is 12.4. The molecule has 0 fully saturated rings. The van der Waals surface area contributed by atoms with Gasteiger partial charge in [0.1, 0.15) is 6.10 Å². The van der Waals surface area contributed by atoms with Crippen LogP contribution >= 0.6 is 0 Å². The van der Waals surface area contributed by atoms with Crippen LogP contribution in [0.3, 0.4) is 0 Å². The molecule has 0 radical (unpaired) electrons. The highest BCUT2D eigenvalue weighted by Crippen LogP contribution is 2.09. The van der Waals surface area contributed by atoms with Crippen LogP contribution in [0.5, 0.6) is 0 Å². The molecule has 1 amide bonds. The summed E-state index contributed by atoms with van der Waals surface area (Å²) in [6.45, 7) is 4.25. The zero-order valence-electron chi connectivity index (χ0n) is 22.2. The van der Waals surface area contributed by atoms with Crippen molar-refractivity contribution in [1.29, 1.82) is 0 Å². The minimum absolute atomic E-state index is 0.247. The number of rotatable bonds is 22. The topological polar surface area (TPSA) is 124 Å². The molecule has 0 aliphatic carbocycles. The largest absolute Gasteiger partial charge is 0.387 e. The number of unbranched alkanes of at least 4 members (excludes halogenated alkanes) is 7. The van der Waals surface area contributed by atoms with Gasteiger partial charge in [-0.05, 0) is 57.8 Å². The van der Waals surface area contributed by atoms with Crippen LogP contribution < -0.4 is 5.32 Å². The number of carbonyl (C=O) groups is 1. The average Bonchev–Trinajstić information content (AvgIpc) is 2.82. The lowest BCUT2D eigenvalue weighted by Crippen LogP contribution is -2.50. The van der Waals surface area contributed by atoms with E-state index < -0.39 is 40.0 Å². The number of hydrogen-bond acceptors (Lipinski definition) is 5. The number of hydrogen-bond donors (Lipinski definition) is 4.